The first-order valence-corrected chi connectivity index (χ1v) is 5.82. The summed E-state index contributed by atoms with van der Waals surface area (Å²) in [6.07, 6.45) is 0. The summed E-state index contributed by atoms with van der Waals surface area (Å²) >= 11 is 3.29. The van der Waals surface area contributed by atoms with Gasteiger partial charge in [-0.1, -0.05) is 34.1 Å². The summed E-state index contributed by atoms with van der Waals surface area (Å²) < 4.78 is 0.891. The fraction of sp³-hybridized carbons (Fsp3) is 0. The minimum Gasteiger partial charge on any atom is -0.281 e. The second-order valence-electron chi connectivity index (χ2n) is 3.46. The highest BCUT2D eigenvalue weighted by Crippen LogP contribution is 2.18. The van der Waals surface area contributed by atoms with Gasteiger partial charge >= 0.3 is 0 Å². The molecule has 0 aliphatic heterocycles. The molecule has 0 unspecified atom stereocenters. The molecule has 2 aromatic carbocycles. The van der Waals surface area contributed by atoms with Crippen molar-refractivity contribution < 1.29 is 10.0 Å². The van der Waals surface area contributed by atoms with Gasteiger partial charge in [0.05, 0.1) is 5.69 Å². The molecule has 0 aliphatic rings. The van der Waals surface area contributed by atoms with Crippen LogP contribution in [0.25, 0.3) is 0 Å². The molecule has 0 aromatic heterocycles. The topological polar surface area (TPSA) is 40.5 Å². The molecule has 0 spiro atoms. The molecule has 0 radical (unpaired) electrons. The van der Waals surface area contributed by atoms with Crippen LogP contribution in [0.15, 0.2) is 59.1 Å². The molecule has 2 aromatic rings. The van der Waals surface area contributed by atoms with Crippen LogP contribution < -0.4 is 5.06 Å². The molecule has 1 N–H and O–H groups in total. The Bertz CT molecular complexity index is 511. The lowest BCUT2D eigenvalue weighted by Crippen LogP contribution is -2.26. The molecule has 0 aliphatic carbocycles. The van der Waals surface area contributed by atoms with Crippen molar-refractivity contribution in [3.63, 3.8) is 0 Å². The molecule has 86 valence electrons. The van der Waals surface area contributed by atoms with Crippen LogP contribution in [-0.4, -0.2) is 11.1 Å². The summed E-state index contributed by atoms with van der Waals surface area (Å²) in [6.45, 7) is 0. The monoisotopic (exact) mass is 291 g/mol. The van der Waals surface area contributed by atoms with Gasteiger partial charge in [0.15, 0.2) is 0 Å². The van der Waals surface area contributed by atoms with Crippen LogP contribution in [0.4, 0.5) is 5.69 Å². The zero-order valence-electron chi connectivity index (χ0n) is 8.88. The van der Waals surface area contributed by atoms with E-state index >= 15 is 0 Å². The van der Waals surface area contributed by atoms with Gasteiger partial charge in [0.1, 0.15) is 0 Å². The maximum Gasteiger partial charge on any atom is 0.281 e. The highest BCUT2D eigenvalue weighted by Gasteiger charge is 2.14. The van der Waals surface area contributed by atoms with Gasteiger partial charge in [-0.3, -0.25) is 10.0 Å². The number of halogens is 1. The first-order valence-electron chi connectivity index (χ1n) is 5.02. The maximum atomic E-state index is 11.9. The van der Waals surface area contributed by atoms with Gasteiger partial charge in [-0.05, 0) is 36.4 Å². The first kappa shape index (κ1) is 11.8. The minimum absolute atomic E-state index is 0.432. The van der Waals surface area contributed by atoms with Gasteiger partial charge in [-0.2, -0.15) is 5.06 Å². The minimum atomic E-state index is -0.451. The third-order valence-electron chi connectivity index (χ3n) is 2.28. The van der Waals surface area contributed by atoms with Crippen molar-refractivity contribution in [2.24, 2.45) is 0 Å². The predicted molar refractivity (Wildman–Crippen MR) is 69.2 cm³/mol. The molecule has 0 fully saturated rings. The van der Waals surface area contributed by atoms with Gasteiger partial charge in [0.25, 0.3) is 5.91 Å². The van der Waals surface area contributed by atoms with E-state index in [-0.39, 0.29) is 0 Å². The molecule has 4 heteroatoms. The third-order valence-corrected chi connectivity index (χ3v) is 2.81. The number of hydrogen-bond acceptors (Lipinski definition) is 2. The first-order chi connectivity index (χ1) is 8.18. The van der Waals surface area contributed by atoms with Crippen molar-refractivity contribution in [2.45, 2.75) is 0 Å². The summed E-state index contributed by atoms with van der Waals surface area (Å²) in [7, 11) is 0. The number of nitrogens with zero attached hydrogens (tertiary/aromatic N) is 1. The zero-order valence-corrected chi connectivity index (χ0v) is 10.5. The predicted octanol–water partition coefficient (Wildman–Crippen LogP) is 3.49. The summed E-state index contributed by atoms with van der Waals surface area (Å²) in [4.78, 5) is 11.9. The fourth-order valence-corrected chi connectivity index (χ4v) is 1.67. The van der Waals surface area contributed by atoms with Gasteiger partial charge < -0.3 is 0 Å². The Morgan fingerprint density at radius 3 is 2.18 bits per heavy atom. The Hall–Kier alpha value is -1.65. The van der Waals surface area contributed by atoms with Crippen LogP contribution in [0.2, 0.25) is 0 Å². The molecule has 0 atom stereocenters. The number of hydroxylamine groups is 1. The standard InChI is InChI=1S/C13H10BrNO2/c14-11-6-8-12(9-7-11)15(17)13(16)10-4-2-1-3-5-10/h1-9,17H. The van der Waals surface area contributed by atoms with Gasteiger partial charge in [-0.25, -0.2) is 0 Å². The quantitative estimate of drug-likeness (QED) is 0.680. The van der Waals surface area contributed by atoms with Crippen LogP contribution in [0.1, 0.15) is 10.4 Å². The van der Waals surface area contributed by atoms with E-state index in [1.54, 1.807) is 48.5 Å². The Labute approximate surface area is 107 Å². The molecule has 0 heterocycles. The number of rotatable bonds is 2. The van der Waals surface area contributed by atoms with Gasteiger partial charge in [0.2, 0.25) is 0 Å². The van der Waals surface area contributed by atoms with Crippen LogP contribution in [0.3, 0.4) is 0 Å². The van der Waals surface area contributed by atoms with Crippen molar-refractivity contribution in [2.75, 3.05) is 5.06 Å². The highest BCUT2D eigenvalue weighted by molar-refractivity contribution is 9.10. The van der Waals surface area contributed by atoms with Crippen LogP contribution >= 0.6 is 15.9 Å². The van der Waals surface area contributed by atoms with Crippen molar-refractivity contribution >= 4 is 27.5 Å². The van der Waals surface area contributed by atoms with E-state index in [2.05, 4.69) is 15.9 Å². The Kier molecular flexibility index (Phi) is 3.56. The van der Waals surface area contributed by atoms with E-state index in [4.69, 9.17) is 0 Å². The summed E-state index contributed by atoms with van der Waals surface area (Å²) in [6, 6.07) is 15.5. The van der Waals surface area contributed by atoms with Crippen molar-refractivity contribution in [3.8, 4) is 0 Å². The average molecular weight is 292 g/mol. The molecule has 0 saturated carbocycles. The normalized spacial score (nSPS) is 10.0. The number of carbonyl (C=O) groups excluding carboxylic acids is 1. The molecule has 1 amide bonds. The second kappa shape index (κ2) is 5.12. The van der Waals surface area contributed by atoms with E-state index in [1.807, 2.05) is 6.07 Å². The SMILES string of the molecule is O=C(c1ccccc1)N(O)c1ccc(Br)cc1. The number of anilines is 1. The lowest BCUT2D eigenvalue weighted by Gasteiger charge is -2.14. The molecule has 2 rings (SSSR count). The zero-order chi connectivity index (χ0) is 12.3. The van der Waals surface area contributed by atoms with E-state index < -0.39 is 5.91 Å². The van der Waals surface area contributed by atoms with E-state index in [0.717, 1.165) is 4.47 Å². The lowest BCUT2D eigenvalue weighted by atomic mass is 10.2. The van der Waals surface area contributed by atoms with Crippen molar-refractivity contribution in [3.05, 3.63) is 64.6 Å². The van der Waals surface area contributed by atoms with E-state index in [1.165, 1.54) is 0 Å². The number of hydrogen-bond donors (Lipinski definition) is 1. The van der Waals surface area contributed by atoms with Crippen LogP contribution in [0.5, 0.6) is 0 Å². The van der Waals surface area contributed by atoms with E-state index in [0.29, 0.717) is 16.3 Å². The smallest absolute Gasteiger partial charge is 0.281 e. The molecule has 17 heavy (non-hydrogen) atoms. The fourth-order valence-electron chi connectivity index (χ4n) is 1.40. The number of amides is 1. The van der Waals surface area contributed by atoms with Gasteiger partial charge in [0, 0.05) is 10.0 Å². The molecule has 0 saturated heterocycles. The number of carbonyl (C=O) groups is 1. The summed E-state index contributed by atoms with van der Waals surface area (Å²) in [5.74, 6) is -0.451. The highest BCUT2D eigenvalue weighted by atomic mass is 79.9. The second-order valence-corrected chi connectivity index (χ2v) is 4.38. The average Bonchev–Trinajstić information content (AvgIpc) is 2.39. The summed E-state index contributed by atoms with van der Waals surface area (Å²) in [5, 5.41) is 10.4. The Balaban J connectivity index is 2.23. The molecular weight excluding hydrogens is 282 g/mol. The molecule has 0 bridgehead atoms. The Morgan fingerprint density at radius 1 is 1.00 bits per heavy atom. The van der Waals surface area contributed by atoms with E-state index in [9.17, 15) is 10.0 Å². The largest absolute Gasteiger partial charge is 0.281 e. The maximum absolute atomic E-state index is 11.9. The van der Waals surface area contributed by atoms with Crippen molar-refractivity contribution in [1.29, 1.82) is 0 Å². The third kappa shape index (κ3) is 2.72. The molecular formula is C13H10BrNO2. The summed E-state index contributed by atoms with van der Waals surface area (Å²) in [5.41, 5.74) is 0.875. The van der Waals surface area contributed by atoms with Crippen molar-refractivity contribution in [1.82, 2.24) is 0 Å². The Morgan fingerprint density at radius 2 is 1.59 bits per heavy atom. The van der Waals surface area contributed by atoms with Crippen LogP contribution in [0, 0.1) is 0 Å². The van der Waals surface area contributed by atoms with Crippen LogP contribution in [-0.2, 0) is 0 Å². The number of benzene rings is 2. The van der Waals surface area contributed by atoms with Gasteiger partial charge in [-0.15, -0.1) is 0 Å². The molecule has 3 nitrogen and oxygen atoms in total. The lowest BCUT2D eigenvalue weighted by molar-refractivity contribution is 0.0855.